The van der Waals surface area contributed by atoms with E-state index in [1.807, 2.05) is 11.6 Å². The maximum Gasteiger partial charge on any atom is 0.113 e. The van der Waals surface area contributed by atoms with Crippen LogP contribution in [0.15, 0.2) is 10.4 Å². The van der Waals surface area contributed by atoms with Crippen LogP contribution in [0.5, 0.6) is 0 Å². The third-order valence-electron chi connectivity index (χ3n) is 1.06. The molecule has 0 saturated carbocycles. The number of thioether (sulfide) groups is 1. The van der Waals surface area contributed by atoms with Crippen molar-refractivity contribution in [1.29, 1.82) is 0 Å². The lowest BCUT2D eigenvalue weighted by molar-refractivity contribution is 1.18. The number of hydrogen-bond donors (Lipinski definition) is 0. The molecule has 53 valence electrons. The fraction of sp³-hybridized carbons (Fsp3) is 0.333. The van der Waals surface area contributed by atoms with E-state index in [-0.39, 0.29) is 0 Å². The summed E-state index contributed by atoms with van der Waals surface area (Å²) in [5.74, 6) is 0. The van der Waals surface area contributed by atoms with Crippen LogP contribution in [0.4, 0.5) is 0 Å². The Morgan fingerprint density at radius 2 is 2.70 bits per heavy atom. The van der Waals surface area contributed by atoms with Crippen molar-refractivity contribution in [2.45, 2.75) is 11.4 Å². The SMILES string of the molecule is CSc1nscc1C[C]=S. The Hall–Kier alpha value is 0.0700. The quantitative estimate of drug-likeness (QED) is 0.533. The first-order chi connectivity index (χ1) is 4.88. The standard InChI is InChI=1S/C6H6NS3/c1-9-6-5(2-3-8)4-10-7-6/h4H,2H2,1H3. The number of nitrogens with zero attached hydrogens (tertiary/aromatic N) is 1. The van der Waals surface area contributed by atoms with Crippen molar-refractivity contribution < 1.29 is 0 Å². The summed E-state index contributed by atoms with van der Waals surface area (Å²) in [6, 6.07) is 0. The molecule has 0 atom stereocenters. The summed E-state index contributed by atoms with van der Waals surface area (Å²) in [6.07, 6.45) is 2.75. The van der Waals surface area contributed by atoms with Crippen LogP contribution in [0.2, 0.25) is 0 Å². The number of thiocarbonyl (C=S) groups is 1. The van der Waals surface area contributed by atoms with Gasteiger partial charge in [-0.3, -0.25) is 0 Å². The summed E-state index contributed by atoms with van der Waals surface area (Å²) in [6.45, 7) is 0. The van der Waals surface area contributed by atoms with E-state index in [9.17, 15) is 0 Å². The van der Waals surface area contributed by atoms with Crippen LogP contribution in [-0.4, -0.2) is 16.0 Å². The van der Waals surface area contributed by atoms with Gasteiger partial charge in [0.2, 0.25) is 0 Å². The van der Waals surface area contributed by atoms with Crippen molar-refractivity contribution in [2.24, 2.45) is 0 Å². The van der Waals surface area contributed by atoms with Crippen molar-refractivity contribution in [3.63, 3.8) is 0 Å². The summed E-state index contributed by atoms with van der Waals surface area (Å²) < 4.78 is 4.17. The van der Waals surface area contributed by atoms with Gasteiger partial charge in [-0.2, -0.15) is 4.37 Å². The Morgan fingerprint density at radius 3 is 3.30 bits per heavy atom. The average molecular weight is 188 g/mol. The molecule has 0 spiro atoms. The lowest BCUT2D eigenvalue weighted by Crippen LogP contribution is -1.82. The van der Waals surface area contributed by atoms with Gasteiger partial charge >= 0.3 is 0 Å². The monoisotopic (exact) mass is 188 g/mol. The Morgan fingerprint density at radius 1 is 1.90 bits per heavy atom. The van der Waals surface area contributed by atoms with E-state index in [0.29, 0.717) is 0 Å². The van der Waals surface area contributed by atoms with Crippen LogP contribution in [0.25, 0.3) is 0 Å². The first-order valence-electron chi connectivity index (χ1n) is 2.70. The second kappa shape index (κ2) is 4.05. The summed E-state index contributed by atoms with van der Waals surface area (Å²) in [5.41, 5.74) is 1.20. The van der Waals surface area contributed by atoms with Gasteiger partial charge < -0.3 is 0 Å². The van der Waals surface area contributed by atoms with Gasteiger partial charge in [-0.05, 0) is 17.8 Å². The maximum atomic E-state index is 4.63. The van der Waals surface area contributed by atoms with E-state index in [4.69, 9.17) is 0 Å². The molecule has 1 aromatic rings. The van der Waals surface area contributed by atoms with Gasteiger partial charge in [0.25, 0.3) is 0 Å². The van der Waals surface area contributed by atoms with Crippen LogP contribution >= 0.6 is 35.5 Å². The van der Waals surface area contributed by atoms with E-state index < -0.39 is 0 Å². The molecule has 1 radical (unpaired) electrons. The highest BCUT2D eigenvalue weighted by atomic mass is 32.2. The van der Waals surface area contributed by atoms with Crippen LogP contribution in [0.3, 0.4) is 0 Å². The molecule has 0 aliphatic carbocycles. The van der Waals surface area contributed by atoms with E-state index in [2.05, 4.69) is 22.0 Å². The molecule has 0 bridgehead atoms. The summed E-state index contributed by atoms with van der Waals surface area (Å²) in [4.78, 5) is 0. The fourth-order valence-electron chi connectivity index (χ4n) is 0.610. The molecule has 0 aliphatic heterocycles. The van der Waals surface area contributed by atoms with Crippen LogP contribution in [-0.2, 0) is 6.42 Å². The number of rotatable bonds is 3. The van der Waals surface area contributed by atoms with E-state index in [0.717, 1.165) is 11.4 Å². The van der Waals surface area contributed by atoms with Gasteiger partial charge in [-0.15, -0.1) is 11.8 Å². The second-order valence-electron chi connectivity index (χ2n) is 1.67. The van der Waals surface area contributed by atoms with Crippen molar-refractivity contribution in [3.8, 4) is 0 Å². The van der Waals surface area contributed by atoms with Gasteiger partial charge in [0.1, 0.15) is 5.03 Å². The van der Waals surface area contributed by atoms with Gasteiger partial charge in [-0.25, -0.2) is 0 Å². The van der Waals surface area contributed by atoms with Gasteiger partial charge in [0.15, 0.2) is 0 Å². The Kier molecular flexibility index (Phi) is 3.31. The van der Waals surface area contributed by atoms with E-state index in [1.165, 1.54) is 17.1 Å². The van der Waals surface area contributed by atoms with Crippen LogP contribution in [0, 0.1) is 0 Å². The van der Waals surface area contributed by atoms with Crippen LogP contribution in [0.1, 0.15) is 5.56 Å². The third-order valence-corrected chi connectivity index (χ3v) is 2.74. The first kappa shape index (κ1) is 8.17. The normalized spacial score (nSPS) is 9.70. The molecular weight excluding hydrogens is 182 g/mol. The maximum absolute atomic E-state index is 4.63. The molecule has 1 rings (SSSR count). The van der Waals surface area contributed by atoms with Crippen molar-refractivity contribution in [3.05, 3.63) is 10.9 Å². The highest BCUT2D eigenvalue weighted by Gasteiger charge is 2.01. The minimum atomic E-state index is 0.738. The van der Waals surface area contributed by atoms with Gasteiger partial charge in [0, 0.05) is 22.7 Å². The molecule has 0 aliphatic rings. The molecule has 4 heteroatoms. The summed E-state index contributed by atoms with van der Waals surface area (Å²) in [7, 11) is 0. The highest BCUT2D eigenvalue weighted by Crippen LogP contribution is 2.20. The molecule has 1 heterocycles. The predicted molar refractivity (Wildman–Crippen MR) is 50.2 cm³/mol. The molecule has 1 nitrogen and oxygen atoms in total. The Balaban J connectivity index is 2.79. The Labute approximate surface area is 74.0 Å². The second-order valence-corrected chi connectivity index (χ2v) is 3.38. The zero-order valence-electron chi connectivity index (χ0n) is 5.46. The van der Waals surface area contributed by atoms with Crippen molar-refractivity contribution in [1.82, 2.24) is 4.37 Å². The zero-order valence-corrected chi connectivity index (χ0v) is 7.91. The minimum absolute atomic E-state index is 0.738. The average Bonchev–Trinajstić information content (AvgIpc) is 2.36. The third kappa shape index (κ3) is 1.78. The smallest absolute Gasteiger partial charge is 0.113 e. The van der Waals surface area contributed by atoms with Crippen molar-refractivity contribution >= 4 is 40.9 Å². The fourth-order valence-corrected chi connectivity index (χ4v) is 2.25. The number of aromatic nitrogens is 1. The molecule has 0 saturated heterocycles. The predicted octanol–water partition coefficient (Wildman–Crippen LogP) is 2.28. The minimum Gasteiger partial charge on any atom is -0.186 e. The molecule has 0 N–H and O–H groups in total. The van der Waals surface area contributed by atoms with E-state index in [1.54, 1.807) is 11.8 Å². The number of hydrogen-bond acceptors (Lipinski definition) is 4. The molecule has 10 heavy (non-hydrogen) atoms. The molecular formula is C6H6NS3. The van der Waals surface area contributed by atoms with Crippen LogP contribution < -0.4 is 0 Å². The molecule has 0 aromatic carbocycles. The lowest BCUT2D eigenvalue weighted by Gasteiger charge is -1.90. The largest absolute Gasteiger partial charge is 0.186 e. The summed E-state index contributed by atoms with van der Waals surface area (Å²) >= 11 is 7.75. The molecule has 0 amide bonds. The zero-order chi connectivity index (χ0) is 7.40. The molecule has 0 fully saturated rings. The highest BCUT2D eigenvalue weighted by molar-refractivity contribution is 7.98. The van der Waals surface area contributed by atoms with Crippen molar-refractivity contribution in [2.75, 3.05) is 6.26 Å². The lowest BCUT2D eigenvalue weighted by atomic mass is 10.3. The van der Waals surface area contributed by atoms with Gasteiger partial charge in [0.05, 0.1) is 0 Å². The molecule has 1 aromatic heterocycles. The topological polar surface area (TPSA) is 12.9 Å². The Bertz CT molecular complexity index is 219. The molecule has 0 unspecified atom stereocenters. The van der Waals surface area contributed by atoms with Gasteiger partial charge in [-0.1, -0.05) is 12.2 Å². The summed E-state index contributed by atoms with van der Waals surface area (Å²) in [5, 5.41) is 5.79. The first-order valence-corrected chi connectivity index (χ1v) is 5.17. The van der Waals surface area contributed by atoms with E-state index >= 15 is 0 Å².